The topological polar surface area (TPSA) is 0 Å². The number of fused-ring (bicyclic) bond motifs is 15. The maximum absolute atomic E-state index is 2.55. The second-order valence-electron chi connectivity index (χ2n) is 10.4. The molecule has 0 spiro atoms. The van der Waals surface area contributed by atoms with Crippen molar-refractivity contribution in [2.75, 3.05) is 0 Å². The van der Waals surface area contributed by atoms with Gasteiger partial charge in [-0.2, -0.15) is 0 Å². The lowest BCUT2D eigenvalue weighted by atomic mass is 9.72. The molecule has 0 fully saturated rings. The number of hydrogen-bond acceptors (Lipinski definition) is 0. The first-order chi connectivity index (χ1) is 17.3. The van der Waals surface area contributed by atoms with Crippen molar-refractivity contribution in [3.05, 3.63) is 142 Å². The Morgan fingerprint density at radius 3 is 2.09 bits per heavy atom. The standard InChI is InChI=1S/C35H22/c1-5-11-25-20(7-1)15-23-18-32-33(19-29(23)25)34-26-12-6-3-9-22(26)17-31(34)28-14-13-27-24-10-4-2-8-21(24)16-30(27)35(28)32/h1-14,17-19,34H,15-16H2. The van der Waals surface area contributed by atoms with Gasteiger partial charge in [0.05, 0.1) is 0 Å². The Morgan fingerprint density at radius 1 is 0.486 bits per heavy atom. The predicted molar refractivity (Wildman–Crippen MR) is 145 cm³/mol. The van der Waals surface area contributed by atoms with Crippen molar-refractivity contribution in [1.29, 1.82) is 0 Å². The van der Waals surface area contributed by atoms with E-state index in [0.717, 1.165) is 12.8 Å². The van der Waals surface area contributed by atoms with Crippen molar-refractivity contribution in [2.24, 2.45) is 0 Å². The summed E-state index contributed by atoms with van der Waals surface area (Å²) in [7, 11) is 0. The van der Waals surface area contributed by atoms with Crippen LogP contribution in [0.5, 0.6) is 0 Å². The van der Waals surface area contributed by atoms with Gasteiger partial charge in [-0.25, -0.2) is 0 Å². The Kier molecular flexibility index (Phi) is 3.27. The molecule has 0 heteroatoms. The van der Waals surface area contributed by atoms with Gasteiger partial charge in [0.15, 0.2) is 0 Å². The van der Waals surface area contributed by atoms with Crippen molar-refractivity contribution in [2.45, 2.75) is 18.8 Å². The smallest absolute Gasteiger partial charge is 0.0358 e. The molecule has 0 heterocycles. The van der Waals surface area contributed by atoms with Crippen LogP contribution in [0.15, 0.2) is 97.1 Å². The van der Waals surface area contributed by atoms with Crippen LogP contribution in [0.4, 0.5) is 0 Å². The summed E-state index contributed by atoms with van der Waals surface area (Å²) in [5.74, 6) is 0.314. The van der Waals surface area contributed by atoms with Crippen LogP contribution in [0.2, 0.25) is 0 Å². The lowest BCUT2D eigenvalue weighted by Crippen LogP contribution is -2.12. The van der Waals surface area contributed by atoms with Gasteiger partial charge in [0.25, 0.3) is 0 Å². The molecule has 4 aliphatic rings. The maximum atomic E-state index is 2.55. The van der Waals surface area contributed by atoms with Crippen molar-refractivity contribution < 1.29 is 0 Å². The minimum absolute atomic E-state index is 0.314. The SMILES string of the molecule is C1=C2c3ccc4c(c3-c3cc5c(cc3C2c2ccccc21)-c1ccccc1C5)Cc1ccccc1-4. The molecule has 5 aromatic carbocycles. The zero-order valence-electron chi connectivity index (χ0n) is 19.3. The Balaban J connectivity index is 1.38. The van der Waals surface area contributed by atoms with Crippen LogP contribution in [-0.2, 0) is 12.8 Å². The van der Waals surface area contributed by atoms with Crippen molar-refractivity contribution in [3.63, 3.8) is 0 Å². The molecule has 0 amide bonds. The summed E-state index contributed by atoms with van der Waals surface area (Å²) in [5.41, 5.74) is 21.7. The zero-order chi connectivity index (χ0) is 22.7. The summed E-state index contributed by atoms with van der Waals surface area (Å²) < 4.78 is 0. The van der Waals surface area contributed by atoms with E-state index in [0.29, 0.717) is 5.92 Å². The van der Waals surface area contributed by atoms with E-state index in [4.69, 9.17) is 0 Å². The third-order valence-corrected chi connectivity index (χ3v) is 8.77. The highest BCUT2D eigenvalue weighted by molar-refractivity contribution is 6.06. The summed E-state index contributed by atoms with van der Waals surface area (Å²) >= 11 is 0. The fraction of sp³-hybridized carbons (Fsp3) is 0.0857. The largest absolute Gasteiger partial charge is 0.0619 e. The fourth-order valence-electron chi connectivity index (χ4n) is 7.31. The van der Waals surface area contributed by atoms with Crippen LogP contribution in [0.3, 0.4) is 0 Å². The Labute approximate surface area is 205 Å². The normalized spacial score (nSPS) is 16.8. The van der Waals surface area contributed by atoms with Gasteiger partial charge in [-0.15, -0.1) is 0 Å². The molecule has 0 bridgehead atoms. The number of benzene rings is 5. The van der Waals surface area contributed by atoms with Gasteiger partial charge in [-0.05, 0) is 115 Å². The molecule has 1 unspecified atom stereocenters. The molecule has 4 aliphatic carbocycles. The van der Waals surface area contributed by atoms with Crippen LogP contribution in [-0.4, -0.2) is 0 Å². The molecule has 0 radical (unpaired) electrons. The van der Waals surface area contributed by atoms with E-state index < -0.39 is 0 Å². The summed E-state index contributed by atoms with van der Waals surface area (Å²) in [4.78, 5) is 0. The number of allylic oxidation sites excluding steroid dienone is 1. The van der Waals surface area contributed by atoms with E-state index in [1.165, 1.54) is 83.5 Å². The molecule has 5 aromatic rings. The van der Waals surface area contributed by atoms with E-state index in [1.807, 2.05) is 0 Å². The van der Waals surface area contributed by atoms with Crippen molar-refractivity contribution in [3.8, 4) is 33.4 Å². The highest BCUT2D eigenvalue weighted by atomic mass is 14.4. The molecule has 0 aromatic heterocycles. The first kappa shape index (κ1) is 18.2. The first-order valence-corrected chi connectivity index (χ1v) is 12.7. The van der Waals surface area contributed by atoms with Gasteiger partial charge >= 0.3 is 0 Å². The Hall–Kier alpha value is -4.16. The molecule has 162 valence electrons. The quantitative estimate of drug-likeness (QED) is 0.221. The third-order valence-electron chi connectivity index (χ3n) is 8.77. The molecule has 35 heavy (non-hydrogen) atoms. The predicted octanol–water partition coefficient (Wildman–Crippen LogP) is 8.50. The monoisotopic (exact) mass is 442 g/mol. The van der Waals surface area contributed by atoms with Gasteiger partial charge in [0.2, 0.25) is 0 Å². The Bertz CT molecular complexity index is 1800. The molecule has 9 rings (SSSR count). The Morgan fingerprint density at radius 2 is 1.20 bits per heavy atom. The zero-order valence-corrected chi connectivity index (χ0v) is 19.3. The lowest BCUT2D eigenvalue weighted by molar-refractivity contribution is 1.05. The maximum Gasteiger partial charge on any atom is 0.0358 e. The van der Waals surface area contributed by atoms with Gasteiger partial charge in [-0.1, -0.05) is 84.9 Å². The molecule has 0 N–H and O–H groups in total. The molecule has 0 saturated carbocycles. The van der Waals surface area contributed by atoms with Crippen molar-refractivity contribution >= 4 is 11.6 Å². The van der Waals surface area contributed by atoms with Crippen LogP contribution < -0.4 is 0 Å². The van der Waals surface area contributed by atoms with Gasteiger partial charge < -0.3 is 0 Å². The van der Waals surface area contributed by atoms with Crippen LogP contribution in [0.25, 0.3) is 45.0 Å². The molecule has 0 nitrogen and oxygen atoms in total. The molecular formula is C35H22. The highest BCUT2D eigenvalue weighted by Crippen LogP contribution is 2.58. The van der Waals surface area contributed by atoms with Gasteiger partial charge in [0.1, 0.15) is 0 Å². The average Bonchev–Trinajstić information content (AvgIpc) is 3.58. The molecule has 0 saturated heterocycles. The van der Waals surface area contributed by atoms with Crippen molar-refractivity contribution in [1.82, 2.24) is 0 Å². The number of rotatable bonds is 0. The van der Waals surface area contributed by atoms with E-state index >= 15 is 0 Å². The minimum Gasteiger partial charge on any atom is -0.0619 e. The average molecular weight is 443 g/mol. The number of hydrogen-bond donors (Lipinski definition) is 0. The van der Waals surface area contributed by atoms with Gasteiger partial charge in [0, 0.05) is 5.92 Å². The molecule has 1 atom stereocenters. The van der Waals surface area contributed by atoms with E-state index in [2.05, 4.69) is 103 Å². The second kappa shape index (κ2) is 6.29. The summed E-state index contributed by atoms with van der Waals surface area (Å²) in [6.45, 7) is 0. The minimum atomic E-state index is 0.314. The van der Waals surface area contributed by atoms with Crippen LogP contribution in [0, 0.1) is 0 Å². The third kappa shape index (κ3) is 2.23. The van der Waals surface area contributed by atoms with E-state index in [9.17, 15) is 0 Å². The fourth-order valence-corrected chi connectivity index (χ4v) is 7.31. The first-order valence-electron chi connectivity index (χ1n) is 12.7. The summed E-state index contributed by atoms with van der Waals surface area (Å²) in [6.07, 6.45) is 4.51. The lowest BCUT2D eigenvalue weighted by Gasteiger charge is -2.31. The summed E-state index contributed by atoms with van der Waals surface area (Å²) in [6, 6.07) is 36.8. The highest BCUT2D eigenvalue weighted by Gasteiger charge is 2.38. The van der Waals surface area contributed by atoms with E-state index in [-0.39, 0.29) is 0 Å². The molecule has 0 aliphatic heterocycles. The van der Waals surface area contributed by atoms with E-state index in [1.54, 1.807) is 0 Å². The second-order valence-corrected chi connectivity index (χ2v) is 10.4. The van der Waals surface area contributed by atoms with Gasteiger partial charge in [-0.3, -0.25) is 0 Å². The summed E-state index contributed by atoms with van der Waals surface area (Å²) in [5, 5.41) is 0. The van der Waals surface area contributed by atoms with Crippen LogP contribution >= 0.6 is 0 Å². The molecular weight excluding hydrogens is 420 g/mol. The van der Waals surface area contributed by atoms with Crippen LogP contribution in [0.1, 0.15) is 50.4 Å².